The van der Waals surface area contributed by atoms with Gasteiger partial charge >= 0.3 is 5.97 Å². The maximum Gasteiger partial charge on any atom is 0.339 e. The summed E-state index contributed by atoms with van der Waals surface area (Å²) < 4.78 is 6.36. The molecule has 0 saturated carbocycles. The van der Waals surface area contributed by atoms with Crippen molar-refractivity contribution in [2.24, 2.45) is 0 Å². The summed E-state index contributed by atoms with van der Waals surface area (Å²) in [5.74, 6) is -0.238. The predicted molar refractivity (Wildman–Crippen MR) is 113 cm³/mol. The van der Waals surface area contributed by atoms with Gasteiger partial charge in [-0.1, -0.05) is 19.6 Å². The molecule has 3 nitrogen and oxygen atoms in total. The van der Waals surface area contributed by atoms with Gasteiger partial charge in [-0.15, -0.1) is 11.3 Å². The molecule has 0 radical (unpaired) electrons. The first kappa shape index (κ1) is 18.7. The SMILES string of the molecule is CN1CCc2ccsc2-c2cc(C(=O)OCC[Si](C)(C)C)c(Br)cc21. The third-order valence-electron chi connectivity index (χ3n) is 4.51. The molecule has 134 valence electrons. The number of halogens is 1. The molecule has 0 N–H and O–H groups in total. The van der Waals surface area contributed by atoms with Crippen LogP contribution in [0.1, 0.15) is 15.9 Å². The largest absolute Gasteiger partial charge is 0.462 e. The lowest BCUT2D eigenvalue weighted by atomic mass is 10.0. The lowest BCUT2D eigenvalue weighted by Gasteiger charge is -2.21. The van der Waals surface area contributed by atoms with Crippen molar-refractivity contribution in [3.8, 4) is 10.4 Å². The van der Waals surface area contributed by atoms with Gasteiger partial charge in [-0.2, -0.15) is 0 Å². The van der Waals surface area contributed by atoms with E-state index in [1.165, 1.54) is 10.4 Å². The van der Waals surface area contributed by atoms with Gasteiger partial charge in [0, 0.05) is 42.3 Å². The molecule has 1 aliphatic heterocycles. The molecular weight excluding hydrogens is 414 g/mol. The van der Waals surface area contributed by atoms with E-state index in [0.717, 1.165) is 34.7 Å². The zero-order valence-electron chi connectivity index (χ0n) is 15.2. The van der Waals surface area contributed by atoms with Crippen LogP contribution in [0.4, 0.5) is 5.69 Å². The number of hydrogen-bond donors (Lipinski definition) is 0. The Morgan fingerprint density at radius 3 is 2.84 bits per heavy atom. The molecule has 0 aliphatic carbocycles. The van der Waals surface area contributed by atoms with E-state index in [0.29, 0.717) is 12.2 Å². The standard InChI is InChI=1S/C19H24BrNO2SSi/c1-21-7-5-13-6-9-24-18(13)15-11-14(16(20)12-17(15)21)19(22)23-8-10-25(2,3)4/h6,9,11-12H,5,7-8,10H2,1-4H3. The van der Waals surface area contributed by atoms with Crippen LogP contribution in [0.5, 0.6) is 0 Å². The topological polar surface area (TPSA) is 29.5 Å². The average molecular weight is 438 g/mol. The second kappa shape index (κ2) is 7.25. The summed E-state index contributed by atoms with van der Waals surface area (Å²) >= 11 is 5.32. The Kier molecular flexibility index (Phi) is 5.41. The number of fused-ring (bicyclic) bond motifs is 3. The van der Waals surface area contributed by atoms with Crippen molar-refractivity contribution in [3.05, 3.63) is 39.2 Å². The molecule has 0 saturated heterocycles. The minimum atomic E-state index is -1.21. The summed E-state index contributed by atoms with van der Waals surface area (Å²) in [5, 5.41) is 2.13. The second-order valence-electron chi connectivity index (χ2n) is 7.74. The van der Waals surface area contributed by atoms with E-state index in [9.17, 15) is 4.79 Å². The monoisotopic (exact) mass is 437 g/mol. The lowest BCUT2D eigenvalue weighted by molar-refractivity contribution is 0.0524. The van der Waals surface area contributed by atoms with Crippen molar-refractivity contribution in [3.63, 3.8) is 0 Å². The van der Waals surface area contributed by atoms with Gasteiger partial charge in [-0.3, -0.25) is 0 Å². The Morgan fingerprint density at radius 1 is 1.36 bits per heavy atom. The van der Waals surface area contributed by atoms with Crippen LogP contribution >= 0.6 is 27.3 Å². The van der Waals surface area contributed by atoms with Crippen molar-refractivity contribution < 1.29 is 9.53 Å². The van der Waals surface area contributed by atoms with Gasteiger partial charge in [0.1, 0.15) is 0 Å². The molecule has 1 aromatic carbocycles. The molecule has 0 amide bonds. The fourth-order valence-corrected chi connectivity index (χ4v) is 5.11. The first-order valence-electron chi connectivity index (χ1n) is 8.55. The highest BCUT2D eigenvalue weighted by Gasteiger charge is 2.23. The molecule has 2 heterocycles. The van der Waals surface area contributed by atoms with Gasteiger partial charge in [0.25, 0.3) is 0 Å². The van der Waals surface area contributed by atoms with Crippen molar-refractivity contribution in [1.29, 1.82) is 0 Å². The molecule has 0 unspecified atom stereocenters. The van der Waals surface area contributed by atoms with E-state index < -0.39 is 8.07 Å². The zero-order valence-corrected chi connectivity index (χ0v) is 18.6. The maximum absolute atomic E-state index is 12.6. The highest BCUT2D eigenvalue weighted by Crippen LogP contribution is 2.42. The quantitative estimate of drug-likeness (QED) is 0.455. The molecule has 6 heteroatoms. The van der Waals surface area contributed by atoms with Crippen LogP contribution in [0.25, 0.3) is 10.4 Å². The summed E-state index contributed by atoms with van der Waals surface area (Å²) in [6.45, 7) is 8.33. The van der Waals surface area contributed by atoms with Gasteiger partial charge in [0.2, 0.25) is 0 Å². The molecule has 0 fully saturated rings. The molecule has 3 rings (SSSR count). The first-order valence-corrected chi connectivity index (χ1v) is 13.9. The van der Waals surface area contributed by atoms with Crippen LogP contribution < -0.4 is 4.90 Å². The van der Waals surface area contributed by atoms with Gasteiger partial charge in [-0.25, -0.2) is 4.79 Å². The number of carbonyl (C=O) groups excluding carboxylic acids is 1. The van der Waals surface area contributed by atoms with Gasteiger partial charge < -0.3 is 9.64 Å². The number of thiophene rings is 1. The summed E-state index contributed by atoms with van der Waals surface area (Å²) in [5.41, 5.74) is 4.26. The molecule has 1 aliphatic rings. The molecule has 1 aromatic heterocycles. The van der Waals surface area contributed by atoms with E-state index in [-0.39, 0.29) is 5.97 Å². The summed E-state index contributed by atoms with van der Waals surface area (Å²) in [7, 11) is 0.895. The minimum absolute atomic E-state index is 0.238. The number of anilines is 1. The molecule has 0 spiro atoms. The number of esters is 1. The van der Waals surface area contributed by atoms with E-state index in [4.69, 9.17) is 4.74 Å². The summed E-state index contributed by atoms with van der Waals surface area (Å²) in [6, 6.07) is 7.22. The predicted octanol–water partition coefficient (Wildman–Crippen LogP) is 5.66. The lowest BCUT2D eigenvalue weighted by Crippen LogP contribution is -2.23. The van der Waals surface area contributed by atoms with Crippen LogP contribution in [-0.4, -0.2) is 34.2 Å². The fourth-order valence-electron chi connectivity index (χ4n) is 2.92. The van der Waals surface area contributed by atoms with Gasteiger partial charge in [0.05, 0.1) is 12.2 Å². The van der Waals surface area contributed by atoms with Gasteiger partial charge in [0.15, 0.2) is 0 Å². The minimum Gasteiger partial charge on any atom is -0.462 e. The highest BCUT2D eigenvalue weighted by atomic mass is 79.9. The number of ether oxygens (including phenoxy) is 1. The number of nitrogens with zero attached hydrogens (tertiary/aromatic N) is 1. The van der Waals surface area contributed by atoms with Crippen molar-refractivity contribution in [2.45, 2.75) is 32.1 Å². The maximum atomic E-state index is 12.6. The molecule has 25 heavy (non-hydrogen) atoms. The summed E-state index contributed by atoms with van der Waals surface area (Å²) in [6.07, 6.45) is 1.03. The van der Waals surface area contributed by atoms with Crippen molar-refractivity contribution in [1.82, 2.24) is 0 Å². The van der Waals surface area contributed by atoms with E-state index in [1.807, 2.05) is 6.07 Å². The van der Waals surface area contributed by atoms with Crippen LogP contribution in [-0.2, 0) is 11.2 Å². The number of rotatable bonds is 4. The molecular formula is C19H24BrNO2SSi. The van der Waals surface area contributed by atoms with Crippen LogP contribution in [0, 0.1) is 0 Å². The van der Waals surface area contributed by atoms with E-state index in [1.54, 1.807) is 11.3 Å². The molecule has 0 bridgehead atoms. The third-order valence-corrected chi connectivity index (χ3v) is 7.86. The number of carbonyl (C=O) groups is 1. The van der Waals surface area contributed by atoms with E-state index >= 15 is 0 Å². The Morgan fingerprint density at radius 2 is 2.12 bits per heavy atom. The smallest absolute Gasteiger partial charge is 0.339 e. The Labute approximate surface area is 163 Å². The Bertz CT molecular complexity index is 797. The van der Waals surface area contributed by atoms with Crippen LogP contribution in [0.15, 0.2) is 28.1 Å². The van der Waals surface area contributed by atoms with Crippen LogP contribution in [0.2, 0.25) is 25.7 Å². The third kappa shape index (κ3) is 4.18. The normalized spacial score (nSPS) is 13.9. The number of hydrogen-bond acceptors (Lipinski definition) is 4. The zero-order chi connectivity index (χ0) is 18.2. The Hall–Kier alpha value is -1.11. The fraction of sp³-hybridized carbons (Fsp3) is 0.421. The second-order valence-corrected chi connectivity index (χ2v) is 15.1. The number of likely N-dealkylation sites (N-methyl/N-ethyl adjacent to an activating group) is 1. The highest BCUT2D eigenvalue weighted by molar-refractivity contribution is 9.10. The molecule has 2 aromatic rings. The Balaban J connectivity index is 1.92. The average Bonchev–Trinajstić information content (AvgIpc) is 2.94. The van der Waals surface area contributed by atoms with Gasteiger partial charge in [-0.05, 0) is 57.5 Å². The van der Waals surface area contributed by atoms with E-state index in [2.05, 4.69) is 65.0 Å². The van der Waals surface area contributed by atoms with Crippen molar-refractivity contribution >= 4 is 47.0 Å². The summed E-state index contributed by atoms with van der Waals surface area (Å²) in [4.78, 5) is 16.1. The van der Waals surface area contributed by atoms with Crippen molar-refractivity contribution in [2.75, 3.05) is 25.1 Å². The molecule has 0 atom stereocenters. The number of benzene rings is 1. The van der Waals surface area contributed by atoms with Crippen LogP contribution in [0.3, 0.4) is 0 Å². The first-order chi connectivity index (χ1) is 11.8.